The Morgan fingerprint density at radius 1 is 1.42 bits per heavy atom. The zero-order valence-electron chi connectivity index (χ0n) is 6.18. The van der Waals surface area contributed by atoms with Crippen LogP contribution >= 0.6 is 34.8 Å². The molecule has 0 radical (unpaired) electrons. The molecule has 0 aliphatic rings. The van der Waals surface area contributed by atoms with Gasteiger partial charge >= 0.3 is 5.97 Å². The zero-order chi connectivity index (χ0) is 9.94. The number of halogens is 3. The first-order chi connectivity index (χ1) is 5.30. The maximum atomic E-state index is 11.1. The minimum Gasteiger partial charge on any atom is -0.481 e. The summed E-state index contributed by atoms with van der Waals surface area (Å²) in [7, 11) is 0. The number of carboxylic acids is 1. The van der Waals surface area contributed by atoms with E-state index in [-0.39, 0.29) is 6.42 Å². The van der Waals surface area contributed by atoms with Gasteiger partial charge in [0.15, 0.2) is 5.78 Å². The second kappa shape index (κ2) is 4.30. The highest BCUT2D eigenvalue weighted by Gasteiger charge is 2.39. The van der Waals surface area contributed by atoms with E-state index < -0.39 is 21.5 Å². The molecule has 0 saturated carbocycles. The molecule has 0 fully saturated rings. The van der Waals surface area contributed by atoms with E-state index in [1.165, 1.54) is 6.92 Å². The third kappa shape index (κ3) is 3.17. The Labute approximate surface area is 84.6 Å². The van der Waals surface area contributed by atoms with Crippen LogP contribution in [0.1, 0.15) is 13.3 Å². The Kier molecular flexibility index (Phi) is 4.31. The number of alkyl halides is 3. The van der Waals surface area contributed by atoms with E-state index in [4.69, 9.17) is 39.9 Å². The van der Waals surface area contributed by atoms with Crippen molar-refractivity contribution >= 4 is 46.6 Å². The van der Waals surface area contributed by atoms with Gasteiger partial charge in [0.1, 0.15) is 5.92 Å². The molecule has 0 amide bonds. The number of Topliss-reactive ketones (excluding diaryl/α,β-unsaturated/α-hetero) is 1. The van der Waals surface area contributed by atoms with Crippen molar-refractivity contribution in [1.29, 1.82) is 0 Å². The normalized spacial score (nSPS) is 14.0. The summed E-state index contributed by atoms with van der Waals surface area (Å²) in [6.07, 6.45) is 0.113. The fraction of sp³-hybridized carbons (Fsp3) is 0.667. The summed E-state index contributed by atoms with van der Waals surface area (Å²) in [5.41, 5.74) is 0. The summed E-state index contributed by atoms with van der Waals surface area (Å²) in [4.78, 5) is 21.5. The second-order valence-electron chi connectivity index (χ2n) is 2.16. The third-order valence-electron chi connectivity index (χ3n) is 1.30. The lowest BCUT2D eigenvalue weighted by Crippen LogP contribution is -2.32. The molecule has 12 heavy (non-hydrogen) atoms. The van der Waals surface area contributed by atoms with Crippen LogP contribution in [0.15, 0.2) is 0 Å². The Morgan fingerprint density at radius 2 is 1.83 bits per heavy atom. The fourth-order valence-corrected chi connectivity index (χ4v) is 1.06. The van der Waals surface area contributed by atoms with E-state index in [1.807, 2.05) is 0 Å². The van der Waals surface area contributed by atoms with E-state index in [1.54, 1.807) is 0 Å². The number of rotatable bonds is 3. The van der Waals surface area contributed by atoms with Crippen LogP contribution in [0.2, 0.25) is 0 Å². The van der Waals surface area contributed by atoms with Gasteiger partial charge in [0.25, 0.3) is 0 Å². The van der Waals surface area contributed by atoms with Gasteiger partial charge in [-0.2, -0.15) is 0 Å². The maximum Gasteiger partial charge on any atom is 0.314 e. The number of carboxylic acid groups (broad SMARTS) is 1. The molecule has 0 aliphatic heterocycles. The van der Waals surface area contributed by atoms with Gasteiger partial charge in [-0.1, -0.05) is 41.7 Å². The monoisotopic (exact) mass is 232 g/mol. The molecule has 3 nitrogen and oxygen atoms in total. The van der Waals surface area contributed by atoms with Crippen LogP contribution in [0.25, 0.3) is 0 Å². The van der Waals surface area contributed by atoms with Gasteiger partial charge in [0.2, 0.25) is 3.79 Å². The van der Waals surface area contributed by atoms with E-state index >= 15 is 0 Å². The van der Waals surface area contributed by atoms with Crippen LogP contribution in [0.4, 0.5) is 0 Å². The Morgan fingerprint density at radius 3 is 1.92 bits per heavy atom. The number of hydrogen-bond donors (Lipinski definition) is 1. The topological polar surface area (TPSA) is 54.4 Å². The van der Waals surface area contributed by atoms with Gasteiger partial charge in [-0.05, 0) is 6.42 Å². The summed E-state index contributed by atoms with van der Waals surface area (Å²) in [5.74, 6) is -3.41. The van der Waals surface area contributed by atoms with Gasteiger partial charge in [-0.3, -0.25) is 9.59 Å². The van der Waals surface area contributed by atoms with E-state index in [9.17, 15) is 9.59 Å². The predicted octanol–water partition coefficient (Wildman–Crippen LogP) is 2.04. The Hall–Kier alpha value is 0.01000. The van der Waals surface area contributed by atoms with E-state index in [2.05, 4.69) is 0 Å². The largest absolute Gasteiger partial charge is 0.481 e. The average molecular weight is 233 g/mol. The van der Waals surface area contributed by atoms with Crippen LogP contribution in [-0.2, 0) is 9.59 Å². The molecule has 1 atom stereocenters. The summed E-state index contributed by atoms with van der Waals surface area (Å²) in [6.45, 7) is 1.53. The lowest BCUT2D eigenvalue weighted by molar-refractivity contribution is -0.146. The molecule has 0 aliphatic carbocycles. The molecule has 1 N–H and O–H groups in total. The average Bonchev–Trinajstić information content (AvgIpc) is 1.86. The first-order valence-electron chi connectivity index (χ1n) is 3.14. The molecule has 0 bridgehead atoms. The van der Waals surface area contributed by atoms with Crippen molar-refractivity contribution in [2.45, 2.75) is 17.1 Å². The van der Waals surface area contributed by atoms with Crippen LogP contribution in [0.5, 0.6) is 0 Å². The van der Waals surface area contributed by atoms with Crippen LogP contribution < -0.4 is 0 Å². The zero-order valence-corrected chi connectivity index (χ0v) is 8.45. The number of carbonyl (C=O) groups is 2. The molecule has 1 unspecified atom stereocenters. The SMILES string of the molecule is CCC(C(=O)O)C(=O)C(Cl)(Cl)Cl. The molecular weight excluding hydrogens is 226 g/mol. The van der Waals surface area contributed by atoms with Gasteiger partial charge < -0.3 is 5.11 Å². The van der Waals surface area contributed by atoms with Gasteiger partial charge in [-0.15, -0.1) is 0 Å². The number of aliphatic carboxylic acids is 1. The highest BCUT2D eigenvalue weighted by Crippen LogP contribution is 2.31. The molecule has 0 aromatic carbocycles. The van der Waals surface area contributed by atoms with Crippen molar-refractivity contribution in [3.05, 3.63) is 0 Å². The van der Waals surface area contributed by atoms with Crippen molar-refractivity contribution in [1.82, 2.24) is 0 Å². The van der Waals surface area contributed by atoms with Crippen LogP contribution in [-0.4, -0.2) is 20.7 Å². The summed E-state index contributed by atoms with van der Waals surface area (Å²) >= 11 is 15.7. The predicted molar refractivity (Wildman–Crippen MR) is 46.7 cm³/mol. The van der Waals surface area contributed by atoms with Crippen molar-refractivity contribution in [3.63, 3.8) is 0 Å². The van der Waals surface area contributed by atoms with Crippen molar-refractivity contribution in [3.8, 4) is 0 Å². The molecule has 70 valence electrons. The Balaban J connectivity index is 4.55. The van der Waals surface area contributed by atoms with Gasteiger partial charge in [0, 0.05) is 0 Å². The second-order valence-corrected chi connectivity index (χ2v) is 4.44. The molecule has 0 aromatic rings. The minimum atomic E-state index is -2.14. The van der Waals surface area contributed by atoms with Crippen LogP contribution in [0, 0.1) is 5.92 Å². The van der Waals surface area contributed by atoms with Crippen LogP contribution in [0.3, 0.4) is 0 Å². The number of carbonyl (C=O) groups excluding carboxylic acids is 1. The first-order valence-corrected chi connectivity index (χ1v) is 4.28. The molecule has 0 spiro atoms. The highest BCUT2D eigenvalue weighted by atomic mass is 35.6. The summed E-state index contributed by atoms with van der Waals surface area (Å²) in [6, 6.07) is 0. The number of ketones is 1. The standard InChI is InChI=1S/C6H7Cl3O3/c1-2-3(5(11)12)4(10)6(7,8)9/h3H,2H2,1H3,(H,11,12). The minimum absolute atomic E-state index is 0.113. The van der Waals surface area contributed by atoms with Crippen molar-refractivity contribution in [2.24, 2.45) is 5.92 Å². The summed E-state index contributed by atoms with van der Waals surface area (Å²) < 4.78 is -2.14. The smallest absolute Gasteiger partial charge is 0.314 e. The molecule has 0 saturated heterocycles. The van der Waals surface area contributed by atoms with Gasteiger partial charge in [0.05, 0.1) is 0 Å². The fourth-order valence-electron chi connectivity index (χ4n) is 0.670. The number of hydrogen-bond acceptors (Lipinski definition) is 2. The molecule has 0 rings (SSSR count). The lowest BCUT2D eigenvalue weighted by atomic mass is 10.0. The van der Waals surface area contributed by atoms with Crippen molar-refractivity contribution in [2.75, 3.05) is 0 Å². The maximum absolute atomic E-state index is 11.1. The third-order valence-corrected chi connectivity index (χ3v) is 1.86. The Bertz CT molecular complexity index is 197. The molecular formula is C6H7Cl3O3. The van der Waals surface area contributed by atoms with E-state index in [0.29, 0.717) is 0 Å². The van der Waals surface area contributed by atoms with Crippen molar-refractivity contribution < 1.29 is 14.7 Å². The molecule has 0 heterocycles. The molecule has 6 heteroatoms. The van der Waals surface area contributed by atoms with Gasteiger partial charge in [-0.25, -0.2) is 0 Å². The lowest BCUT2D eigenvalue weighted by Gasteiger charge is -2.14. The summed E-state index contributed by atoms with van der Waals surface area (Å²) in [5, 5.41) is 8.51. The molecule has 0 aromatic heterocycles. The van der Waals surface area contributed by atoms with E-state index in [0.717, 1.165) is 0 Å². The highest BCUT2D eigenvalue weighted by molar-refractivity contribution is 6.76. The first kappa shape index (κ1) is 12.0. The quantitative estimate of drug-likeness (QED) is 0.599.